The van der Waals surface area contributed by atoms with E-state index < -0.39 is 46.6 Å². The Morgan fingerprint density at radius 3 is 2.13 bits per heavy atom. The number of amides is 3. The molecule has 11 heteroatoms. The van der Waals surface area contributed by atoms with Crippen molar-refractivity contribution in [2.75, 3.05) is 6.54 Å². The predicted octanol–water partition coefficient (Wildman–Crippen LogP) is 1.87. The van der Waals surface area contributed by atoms with Crippen LogP contribution in [0.5, 0.6) is 0 Å². The summed E-state index contributed by atoms with van der Waals surface area (Å²) in [6, 6.07) is 20.9. The molecule has 0 aliphatic carbocycles. The molecule has 38 heavy (non-hydrogen) atoms. The number of carbonyl (C=O) groups excluding carboxylic acids is 2. The van der Waals surface area contributed by atoms with Crippen molar-refractivity contribution >= 4 is 27.9 Å². The number of urea groups is 1. The van der Waals surface area contributed by atoms with Gasteiger partial charge in [-0.05, 0) is 35.2 Å². The summed E-state index contributed by atoms with van der Waals surface area (Å²) in [5, 5.41) is 17.2. The number of hydrogen-bond acceptors (Lipinski definition) is 5. The summed E-state index contributed by atoms with van der Waals surface area (Å²) >= 11 is 0. The zero-order chi connectivity index (χ0) is 27.1. The van der Waals surface area contributed by atoms with Gasteiger partial charge in [0.15, 0.2) is 0 Å². The summed E-state index contributed by atoms with van der Waals surface area (Å²) in [6.07, 6.45) is 0.0748. The van der Waals surface area contributed by atoms with Crippen molar-refractivity contribution in [3.63, 3.8) is 0 Å². The molecule has 0 saturated carbocycles. The number of aliphatic carboxylic acids is 1. The van der Waals surface area contributed by atoms with E-state index in [1.165, 1.54) is 12.1 Å². The highest BCUT2D eigenvalue weighted by molar-refractivity contribution is 7.89. The van der Waals surface area contributed by atoms with E-state index in [1.807, 2.05) is 36.4 Å². The summed E-state index contributed by atoms with van der Waals surface area (Å²) in [7, 11) is -4.07. The van der Waals surface area contributed by atoms with Crippen molar-refractivity contribution in [1.29, 1.82) is 0 Å². The number of rotatable bonds is 9. The molecule has 4 rings (SSSR count). The second kappa shape index (κ2) is 11.9. The van der Waals surface area contributed by atoms with Gasteiger partial charge in [0.25, 0.3) is 0 Å². The van der Waals surface area contributed by atoms with E-state index in [9.17, 15) is 27.9 Å². The summed E-state index contributed by atoms with van der Waals surface area (Å²) in [4.78, 5) is 37.5. The maximum atomic E-state index is 13.5. The summed E-state index contributed by atoms with van der Waals surface area (Å²) < 4.78 is 28.1. The quantitative estimate of drug-likeness (QED) is 0.329. The van der Waals surface area contributed by atoms with Crippen LogP contribution >= 0.6 is 0 Å². The minimum Gasteiger partial charge on any atom is -0.480 e. The van der Waals surface area contributed by atoms with E-state index in [1.54, 1.807) is 36.4 Å². The van der Waals surface area contributed by atoms with E-state index >= 15 is 0 Å². The minimum absolute atomic E-state index is 0.0312. The van der Waals surface area contributed by atoms with E-state index in [-0.39, 0.29) is 24.4 Å². The van der Waals surface area contributed by atoms with Crippen molar-refractivity contribution in [3.8, 4) is 0 Å². The van der Waals surface area contributed by atoms with Crippen LogP contribution in [0.25, 0.3) is 0 Å². The first-order valence-electron chi connectivity index (χ1n) is 12.0. The van der Waals surface area contributed by atoms with E-state index in [0.717, 1.165) is 21.0 Å². The molecule has 3 aromatic rings. The van der Waals surface area contributed by atoms with E-state index in [4.69, 9.17) is 0 Å². The van der Waals surface area contributed by atoms with Gasteiger partial charge in [-0.3, -0.25) is 4.79 Å². The van der Waals surface area contributed by atoms with Crippen LogP contribution in [0, 0.1) is 0 Å². The van der Waals surface area contributed by atoms with Crippen LogP contribution in [0.3, 0.4) is 0 Å². The Morgan fingerprint density at radius 2 is 1.47 bits per heavy atom. The molecule has 3 amide bonds. The average Bonchev–Trinajstić information content (AvgIpc) is 2.94. The highest BCUT2D eigenvalue weighted by Gasteiger charge is 2.40. The monoisotopic (exact) mass is 536 g/mol. The molecular weight excluding hydrogens is 508 g/mol. The lowest BCUT2D eigenvalue weighted by Crippen LogP contribution is -2.57. The third kappa shape index (κ3) is 6.36. The lowest BCUT2D eigenvalue weighted by Gasteiger charge is -2.35. The first-order valence-corrected chi connectivity index (χ1v) is 13.4. The number of nitrogens with one attached hydrogen (secondary N) is 3. The van der Waals surface area contributed by atoms with Crippen LogP contribution in [-0.2, 0) is 39.1 Å². The standard InChI is InChI=1S/C27H28N4O6S/c32-25(30-23(26(33)34)17-29-27(35)28-16-19-9-3-1-4-10-19)24-15-20-11-7-8-12-21(20)18-31(24)38(36,37)22-13-5-2-6-14-22/h1-14,23-24H,15-18H2,(H,30,32)(H,33,34)(H2,28,29,35). The van der Waals surface area contributed by atoms with E-state index in [2.05, 4.69) is 16.0 Å². The third-order valence-corrected chi connectivity index (χ3v) is 8.10. The van der Waals surface area contributed by atoms with Gasteiger partial charge < -0.3 is 21.1 Å². The largest absolute Gasteiger partial charge is 0.480 e. The fourth-order valence-electron chi connectivity index (χ4n) is 4.21. The predicted molar refractivity (Wildman–Crippen MR) is 139 cm³/mol. The van der Waals surface area contributed by atoms with Gasteiger partial charge in [0.05, 0.1) is 11.4 Å². The molecule has 1 aliphatic heterocycles. The van der Waals surface area contributed by atoms with Gasteiger partial charge in [-0.15, -0.1) is 0 Å². The number of nitrogens with zero attached hydrogens (tertiary/aromatic N) is 1. The highest BCUT2D eigenvalue weighted by atomic mass is 32.2. The van der Waals surface area contributed by atoms with Gasteiger partial charge in [-0.2, -0.15) is 4.31 Å². The number of benzene rings is 3. The molecule has 198 valence electrons. The van der Waals surface area contributed by atoms with Gasteiger partial charge in [0, 0.05) is 13.1 Å². The Kier molecular flexibility index (Phi) is 8.39. The smallest absolute Gasteiger partial charge is 0.328 e. The number of carbonyl (C=O) groups is 3. The Labute approximate surface area is 220 Å². The average molecular weight is 537 g/mol. The van der Waals surface area contributed by atoms with Crippen LogP contribution < -0.4 is 16.0 Å². The van der Waals surface area contributed by atoms with Crippen molar-refractivity contribution in [1.82, 2.24) is 20.3 Å². The molecule has 1 aliphatic rings. The fourth-order valence-corrected chi connectivity index (χ4v) is 5.79. The Bertz CT molecular complexity index is 1400. The lowest BCUT2D eigenvalue weighted by atomic mass is 9.95. The van der Waals surface area contributed by atoms with Crippen molar-refractivity contribution in [2.45, 2.75) is 36.5 Å². The van der Waals surface area contributed by atoms with Crippen LogP contribution in [-0.4, -0.2) is 54.4 Å². The first-order chi connectivity index (χ1) is 18.3. The van der Waals surface area contributed by atoms with Crippen molar-refractivity contribution in [3.05, 3.63) is 102 Å². The Hall–Kier alpha value is -4.22. The fraction of sp³-hybridized carbons (Fsp3) is 0.222. The molecule has 0 bridgehead atoms. The Balaban J connectivity index is 1.47. The second-order valence-electron chi connectivity index (χ2n) is 8.80. The lowest BCUT2D eigenvalue weighted by molar-refractivity contribution is -0.142. The van der Waals surface area contributed by atoms with Crippen LogP contribution in [0.1, 0.15) is 16.7 Å². The molecule has 3 aromatic carbocycles. The topological polar surface area (TPSA) is 145 Å². The number of sulfonamides is 1. The van der Waals surface area contributed by atoms with Crippen molar-refractivity contribution in [2.24, 2.45) is 0 Å². The van der Waals surface area contributed by atoms with Gasteiger partial charge in [0.1, 0.15) is 12.1 Å². The van der Waals surface area contributed by atoms with E-state index in [0.29, 0.717) is 0 Å². The summed E-state index contributed by atoms with van der Waals surface area (Å²) in [5.74, 6) is -2.13. The van der Waals surface area contributed by atoms with Gasteiger partial charge in [-0.1, -0.05) is 72.8 Å². The molecule has 0 fully saturated rings. The molecular formula is C27H28N4O6S. The Morgan fingerprint density at radius 1 is 0.868 bits per heavy atom. The number of carboxylic acid groups (broad SMARTS) is 1. The SMILES string of the molecule is O=C(NCc1ccccc1)NCC(NC(=O)C1Cc2ccccc2CN1S(=O)(=O)c1ccccc1)C(=O)O. The van der Waals surface area contributed by atoms with Crippen LogP contribution in [0.15, 0.2) is 89.8 Å². The molecule has 10 nitrogen and oxygen atoms in total. The maximum Gasteiger partial charge on any atom is 0.328 e. The molecule has 4 N–H and O–H groups in total. The minimum atomic E-state index is -4.07. The second-order valence-corrected chi connectivity index (χ2v) is 10.7. The zero-order valence-corrected chi connectivity index (χ0v) is 21.2. The number of hydrogen-bond donors (Lipinski definition) is 4. The number of carboxylic acids is 1. The van der Waals surface area contributed by atoms with Gasteiger partial charge in [0.2, 0.25) is 15.9 Å². The molecule has 1 heterocycles. The zero-order valence-electron chi connectivity index (χ0n) is 20.4. The molecule has 0 saturated heterocycles. The molecule has 2 unspecified atom stereocenters. The summed E-state index contributed by atoms with van der Waals surface area (Å²) in [5.41, 5.74) is 2.43. The van der Waals surface area contributed by atoms with Crippen molar-refractivity contribution < 1.29 is 27.9 Å². The van der Waals surface area contributed by atoms with Gasteiger partial charge >= 0.3 is 12.0 Å². The molecule has 0 radical (unpaired) electrons. The van der Waals surface area contributed by atoms with Gasteiger partial charge in [-0.25, -0.2) is 18.0 Å². The third-order valence-electron chi connectivity index (χ3n) is 6.24. The molecule has 2 atom stereocenters. The maximum absolute atomic E-state index is 13.5. The molecule has 0 aromatic heterocycles. The summed E-state index contributed by atoms with van der Waals surface area (Å²) in [6.45, 7) is -0.190. The van der Waals surface area contributed by atoms with Crippen LogP contribution in [0.4, 0.5) is 4.79 Å². The first kappa shape index (κ1) is 26.8. The highest BCUT2D eigenvalue weighted by Crippen LogP contribution is 2.29. The molecule has 0 spiro atoms. The van der Waals surface area contributed by atoms with Crippen LogP contribution in [0.2, 0.25) is 0 Å². The number of fused-ring (bicyclic) bond motifs is 1. The normalized spacial score (nSPS) is 16.1.